The van der Waals surface area contributed by atoms with Crippen molar-refractivity contribution in [1.29, 1.82) is 0 Å². The van der Waals surface area contributed by atoms with Crippen molar-refractivity contribution in [2.75, 3.05) is 30.8 Å². The first-order valence-corrected chi connectivity index (χ1v) is 9.59. The summed E-state index contributed by atoms with van der Waals surface area (Å²) in [4.78, 5) is 2.74. The molecule has 0 aromatic heterocycles. The Bertz CT molecular complexity index is 546. The van der Waals surface area contributed by atoms with Crippen LogP contribution in [0.15, 0.2) is 29.2 Å². The summed E-state index contributed by atoms with van der Waals surface area (Å²) in [5.74, 6) is 0.733. The van der Waals surface area contributed by atoms with Crippen molar-refractivity contribution < 1.29 is 8.42 Å². The molecule has 4 nitrogen and oxygen atoms in total. The maximum atomic E-state index is 11.5. The van der Waals surface area contributed by atoms with E-state index < -0.39 is 9.84 Å². The Balaban J connectivity index is 1.96. The molecule has 21 heavy (non-hydrogen) atoms. The van der Waals surface area contributed by atoms with E-state index in [1.807, 2.05) is 12.1 Å². The molecular formula is C16H26N2O2S. The van der Waals surface area contributed by atoms with Crippen LogP contribution in [0.25, 0.3) is 0 Å². The van der Waals surface area contributed by atoms with E-state index in [-0.39, 0.29) is 0 Å². The number of nitrogens with zero attached hydrogens (tertiary/aromatic N) is 1. The van der Waals surface area contributed by atoms with E-state index in [9.17, 15) is 8.42 Å². The fourth-order valence-electron chi connectivity index (χ4n) is 3.05. The predicted molar refractivity (Wildman–Crippen MR) is 87.6 cm³/mol. The molecule has 1 atom stereocenters. The summed E-state index contributed by atoms with van der Waals surface area (Å²) in [5.41, 5.74) is 1.12. The van der Waals surface area contributed by atoms with Crippen molar-refractivity contribution in [2.24, 2.45) is 5.92 Å². The van der Waals surface area contributed by atoms with Crippen molar-refractivity contribution in [2.45, 2.75) is 37.6 Å². The SMILES string of the molecule is CCNC(C)C1CCN(c2ccc(S(C)(=O)=O)cc2)CC1. The summed E-state index contributed by atoms with van der Waals surface area (Å²) >= 11 is 0. The van der Waals surface area contributed by atoms with Crippen LogP contribution in [0.3, 0.4) is 0 Å². The van der Waals surface area contributed by atoms with E-state index in [0.29, 0.717) is 10.9 Å². The molecular weight excluding hydrogens is 284 g/mol. The fourth-order valence-corrected chi connectivity index (χ4v) is 3.68. The molecule has 1 aliphatic heterocycles. The van der Waals surface area contributed by atoms with Crippen LogP contribution in [-0.4, -0.2) is 40.3 Å². The maximum Gasteiger partial charge on any atom is 0.175 e. The Hall–Kier alpha value is -1.07. The highest BCUT2D eigenvalue weighted by atomic mass is 32.2. The lowest BCUT2D eigenvalue weighted by atomic mass is 9.90. The summed E-state index contributed by atoms with van der Waals surface area (Å²) in [6, 6.07) is 7.83. The second-order valence-electron chi connectivity index (χ2n) is 5.94. The Morgan fingerprint density at radius 3 is 2.29 bits per heavy atom. The molecule has 0 aliphatic carbocycles. The number of nitrogens with one attached hydrogen (secondary N) is 1. The lowest BCUT2D eigenvalue weighted by Crippen LogP contribution is -2.42. The van der Waals surface area contributed by atoms with Crippen molar-refractivity contribution >= 4 is 15.5 Å². The highest BCUT2D eigenvalue weighted by Crippen LogP contribution is 2.26. The molecule has 0 spiro atoms. The Kier molecular flexibility index (Phi) is 5.27. The molecule has 1 aromatic carbocycles. The predicted octanol–water partition coefficient (Wildman–Crippen LogP) is 2.30. The molecule has 1 aromatic rings. The van der Waals surface area contributed by atoms with Gasteiger partial charge in [0, 0.05) is 31.1 Å². The van der Waals surface area contributed by atoms with E-state index in [0.717, 1.165) is 31.2 Å². The van der Waals surface area contributed by atoms with Crippen LogP contribution in [0.2, 0.25) is 0 Å². The lowest BCUT2D eigenvalue weighted by Gasteiger charge is -2.36. The van der Waals surface area contributed by atoms with E-state index in [2.05, 4.69) is 24.1 Å². The molecule has 1 heterocycles. The molecule has 118 valence electrons. The number of benzene rings is 1. The van der Waals surface area contributed by atoms with Crippen LogP contribution < -0.4 is 10.2 Å². The molecule has 1 unspecified atom stereocenters. The van der Waals surface area contributed by atoms with E-state index >= 15 is 0 Å². The first kappa shape index (κ1) is 16.3. The minimum absolute atomic E-state index is 0.391. The maximum absolute atomic E-state index is 11.5. The van der Waals surface area contributed by atoms with Gasteiger partial charge in [-0.15, -0.1) is 0 Å². The second kappa shape index (κ2) is 6.79. The van der Waals surface area contributed by atoms with Crippen LogP contribution in [-0.2, 0) is 9.84 Å². The minimum atomic E-state index is -3.10. The standard InChI is InChI=1S/C16H26N2O2S/c1-4-17-13(2)14-9-11-18(12-10-14)15-5-7-16(8-6-15)21(3,19)20/h5-8,13-14,17H,4,9-12H2,1-3H3. The summed E-state index contributed by atoms with van der Waals surface area (Å²) in [6.45, 7) is 7.52. The summed E-state index contributed by atoms with van der Waals surface area (Å²) in [6.07, 6.45) is 3.61. The van der Waals surface area contributed by atoms with Crippen LogP contribution in [0.1, 0.15) is 26.7 Å². The molecule has 0 radical (unpaired) electrons. The molecule has 1 saturated heterocycles. The molecule has 0 amide bonds. The molecule has 5 heteroatoms. The van der Waals surface area contributed by atoms with Gasteiger partial charge in [-0.05, 0) is 56.5 Å². The Morgan fingerprint density at radius 2 is 1.81 bits per heavy atom. The fraction of sp³-hybridized carbons (Fsp3) is 0.625. The summed E-state index contributed by atoms with van der Waals surface area (Å²) in [5, 5.41) is 3.51. The minimum Gasteiger partial charge on any atom is -0.372 e. The van der Waals surface area contributed by atoms with Gasteiger partial charge in [-0.3, -0.25) is 0 Å². The van der Waals surface area contributed by atoms with Crippen molar-refractivity contribution in [3.8, 4) is 0 Å². The van der Waals surface area contributed by atoms with Gasteiger partial charge < -0.3 is 10.2 Å². The monoisotopic (exact) mass is 310 g/mol. The number of anilines is 1. The quantitative estimate of drug-likeness (QED) is 0.906. The van der Waals surface area contributed by atoms with Gasteiger partial charge in [-0.2, -0.15) is 0 Å². The van der Waals surface area contributed by atoms with Gasteiger partial charge in [0.05, 0.1) is 4.90 Å². The third kappa shape index (κ3) is 4.20. The number of sulfone groups is 1. The van der Waals surface area contributed by atoms with E-state index in [1.54, 1.807) is 12.1 Å². The van der Waals surface area contributed by atoms with E-state index in [1.165, 1.54) is 19.1 Å². The van der Waals surface area contributed by atoms with Gasteiger partial charge in [0.25, 0.3) is 0 Å². The first-order chi connectivity index (χ1) is 9.91. The molecule has 0 saturated carbocycles. The average Bonchev–Trinajstić information content (AvgIpc) is 2.47. The van der Waals surface area contributed by atoms with Crippen LogP contribution in [0, 0.1) is 5.92 Å². The number of piperidine rings is 1. The summed E-state index contributed by atoms with van der Waals surface area (Å²) < 4.78 is 23.0. The van der Waals surface area contributed by atoms with Gasteiger partial charge in [0.15, 0.2) is 9.84 Å². The van der Waals surface area contributed by atoms with Gasteiger partial charge >= 0.3 is 0 Å². The smallest absolute Gasteiger partial charge is 0.175 e. The van der Waals surface area contributed by atoms with Gasteiger partial charge in [-0.1, -0.05) is 6.92 Å². The number of hydrogen-bond acceptors (Lipinski definition) is 4. The second-order valence-corrected chi connectivity index (χ2v) is 7.95. The van der Waals surface area contributed by atoms with Crippen molar-refractivity contribution in [3.63, 3.8) is 0 Å². The first-order valence-electron chi connectivity index (χ1n) is 7.70. The molecule has 1 N–H and O–H groups in total. The van der Waals surface area contributed by atoms with Crippen molar-refractivity contribution in [3.05, 3.63) is 24.3 Å². The Morgan fingerprint density at radius 1 is 1.24 bits per heavy atom. The van der Waals surface area contributed by atoms with Crippen molar-refractivity contribution in [1.82, 2.24) is 5.32 Å². The number of rotatable bonds is 5. The molecule has 1 fully saturated rings. The van der Waals surface area contributed by atoms with Gasteiger partial charge in [0.2, 0.25) is 0 Å². The zero-order valence-electron chi connectivity index (χ0n) is 13.2. The molecule has 1 aliphatic rings. The van der Waals surface area contributed by atoms with Gasteiger partial charge in [0.1, 0.15) is 0 Å². The zero-order valence-corrected chi connectivity index (χ0v) is 14.0. The van der Waals surface area contributed by atoms with Crippen LogP contribution in [0.5, 0.6) is 0 Å². The lowest BCUT2D eigenvalue weighted by molar-refractivity contribution is 0.315. The normalized spacial score (nSPS) is 18.7. The zero-order chi connectivity index (χ0) is 15.5. The topological polar surface area (TPSA) is 49.4 Å². The largest absolute Gasteiger partial charge is 0.372 e. The van der Waals surface area contributed by atoms with Gasteiger partial charge in [-0.25, -0.2) is 8.42 Å². The summed E-state index contributed by atoms with van der Waals surface area (Å²) in [7, 11) is -3.10. The third-order valence-electron chi connectivity index (χ3n) is 4.40. The molecule has 0 bridgehead atoms. The van der Waals surface area contributed by atoms with Crippen LogP contribution >= 0.6 is 0 Å². The number of hydrogen-bond donors (Lipinski definition) is 1. The highest BCUT2D eigenvalue weighted by Gasteiger charge is 2.23. The highest BCUT2D eigenvalue weighted by molar-refractivity contribution is 7.90. The third-order valence-corrected chi connectivity index (χ3v) is 5.53. The van der Waals surface area contributed by atoms with E-state index in [4.69, 9.17) is 0 Å². The average molecular weight is 310 g/mol. The molecule has 2 rings (SSSR count). The van der Waals surface area contributed by atoms with Crippen LogP contribution in [0.4, 0.5) is 5.69 Å². The Labute approximate surface area is 128 Å².